The first kappa shape index (κ1) is 15.5. The number of carbonyl (C=O) groups excluding carboxylic acids is 3. The first-order chi connectivity index (χ1) is 9.91. The number of carbonyl (C=O) groups is 3. The lowest BCUT2D eigenvalue weighted by Crippen LogP contribution is -2.39. The van der Waals surface area contributed by atoms with Gasteiger partial charge in [-0.3, -0.25) is 19.4 Å². The molecule has 1 heterocycles. The van der Waals surface area contributed by atoms with E-state index in [1.165, 1.54) is 0 Å². The molecule has 0 aromatic heterocycles. The predicted octanol–water partition coefficient (Wildman–Crippen LogP) is 2.03. The van der Waals surface area contributed by atoms with Crippen LogP contribution in [0.5, 0.6) is 5.75 Å². The van der Waals surface area contributed by atoms with Crippen LogP contribution in [0.3, 0.4) is 0 Å². The van der Waals surface area contributed by atoms with Crippen LogP contribution >= 0.6 is 15.9 Å². The number of imide groups is 2. The fraction of sp³-hybridized carbons (Fsp3) is 0.357. The normalized spacial score (nSPS) is 15.3. The number of hydrogen-bond donors (Lipinski definition) is 0. The van der Waals surface area contributed by atoms with Gasteiger partial charge in [0, 0.05) is 10.5 Å². The van der Waals surface area contributed by atoms with Crippen molar-refractivity contribution in [1.29, 1.82) is 0 Å². The van der Waals surface area contributed by atoms with E-state index in [4.69, 9.17) is 4.74 Å². The quantitative estimate of drug-likeness (QED) is 0.599. The Labute approximate surface area is 130 Å². The van der Waals surface area contributed by atoms with Gasteiger partial charge in [0.05, 0.1) is 6.54 Å². The van der Waals surface area contributed by atoms with Gasteiger partial charge in [-0.1, -0.05) is 22.0 Å². The molecule has 1 aromatic rings. The van der Waals surface area contributed by atoms with Crippen molar-refractivity contribution in [2.75, 3.05) is 13.2 Å². The molecule has 0 N–H and O–H groups in total. The van der Waals surface area contributed by atoms with E-state index in [1.807, 2.05) is 12.1 Å². The monoisotopic (exact) mass is 354 g/mol. The molecule has 2 rings (SSSR count). The number of hydrogen-bond acceptors (Lipinski definition) is 4. The van der Waals surface area contributed by atoms with Crippen molar-refractivity contribution in [3.05, 3.63) is 28.7 Å². The lowest BCUT2D eigenvalue weighted by molar-refractivity contribution is -0.143. The average molecular weight is 355 g/mol. The Kier molecular flexibility index (Phi) is 4.62. The zero-order chi connectivity index (χ0) is 15.6. The largest absolute Gasteiger partial charge is 0.492 e. The minimum Gasteiger partial charge on any atom is -0.492 e. The molecule has 0 bridgehead atoms. The molecule has 6 nitrogen and oxygen atoms in total. The van der Waals surface area contributed by atoms with Crippen LogP contribution in [0.2, 0.25) is 0 Å². The third kappa shape index (κ3) is 3.24. The highest BCUT2D eigenvalue weighted by molar-refractivity contribution is 9.10. The Hall–Kier alpha value is -1.89. The highest BCUT2D eigenvalue weighted by atomic mass is 79.9. The highest BCUT2D eigenvalue weighted by Crippen LogP contribution is 2.18. The Morgan fingerprint density at radius 1 is 1.19 bits per heavy atom. The Morgan fingerprint density at radius 3 is 2.48 bits per heavy atom. The Morgan fingerprint density at radius 2 is 1.90 bits per heavy atom. The maximum absolute atomic E-state index is 12.0. The molecule has 0 unspecified atom stereocenters. The van der Waals surface area contributed by atoms with Gasteiger partial charge in [-0.25, -0.2) is 4.79 Å². The fourth-order valence-electron chi connectivity index (χ4n) is 1.99. The zero-order valence-corrected chi connectivity index (χ0v) is 13.3. The van der Waals surface area contributed by atoms with Gasteiger partial charge >= 0.3 is 17.8 Å². The maximum Gasteiger partial charge on any atom is 0.334 e. The Balaban J connectivity index is 1.96. The van der Waals surface area contributed by atoms with Crippen LogP contribution in [0.25, 0.3) is 0 Å². The van der Waals surface area contributed by atoms with Crippen molar-refractivity contribution >= 4 is 33.8 Å². The molecule has 0 spiro atoms. The van der Waals surface area contributed by atoms with Crippen molar-refractivity contribution in [2.24, 2.45) is 0 Å². The summed E-state index contributed by atoms with van der Waals surface area (Å²) in [6, 6.07) is 6.29. The van der Waals surface area contributed by atoms with Crippen LogP contribution in [0.4, 0.5) is 4.79 Å². The summed E-state index contributed by atoms with van der Waals surface area (Å²) in [6.45, 7) is 3.54. The number of rotatable bonds is 5. The second kappa shape index (κ2) is 6.26. The van der Waals surface area contributed by atoms with Gasteiger partial charge in [0.2, 0.25) is 0 Å². The highest BCUT2D eigenvalue weighted by Gasteiger charge is 2.45. The molecule has 4 amide bonds. The summed E-state index contributed by atoms with van der Waals surface area (Å²) in [7, 11) is 0. The molecular weight excluding hydrogens is 340 g/mol. The summed E-state index contributed by atoms with van der Waals surface area (Å²) < 4.78 is 6.34. The van der Waals surface area contributed by atoms with Crippen LogP contribution in [-0.4, -0.2) is 46.8 Å². The molecule has 112 valence electrons. The van der Waals surface area contributed by atoms with Crippen LogP contribution in [0, 0.1) is 0 Å². The van der Waals surface area contributed by atoms with Crippen molar-refractivity contribution in [3.8, 4) is 5.75 Å². The van der Waals surface area contributed by atoms with E-state index in [-0.39, 0.29) is 19.2 Å². The number of nitrogens with zero attached hydrogens (tertiary/aromatic N) is 2. The average Bonchev–Trinajstić information content (AvgIpc) is 2.62. The van der Waals surface area contributed by atoms with Crippen molar-refractivity contribution in [1.82, 2.24) is 9.80 Å². The van der Waals surface area contributed by atoms with Gasteiger partial charge in [0.15, 0.2) is 0 Å². The number of ether oxygens (including phenoxy) is 1. The van der Waals surface area contributed by atoms with Crippen LogP contribution < -0.4 is 4.74 Å². The zero-order valence-electron chi connectivity index (χ0n) is 11.7. The van der Waals surface area contributed by atoms with Crippen LogP contribution in [-0.2, 0) is 9.59 Å². The summed E-state index contributed by atoms with van der Waals surface area (Å²) in [5, 5.41) is 0. The molecular formula is C14H15BrN2O4. The summed E-state index contributed by atoms with van der Waals surface area (Å²) >= 11 is 3.32. The lowest BCUT2D eigenvalue weighted by Gasteiger charge is -2.18. The molecule has 7 heteroatoms. The topological polar surface area (TPSA) is 66.9 Å². The van der Waals surface area contributed by atoms with Crippen LogP contribution in [0.15, 0.2) is 28.7 Å². The predicted molar refractivity (Wildman–Crippen MR) is 78.7 cm³/mol. The second-order valence-corrected chi connectivity index (χ2v) is 5.73. The maximum atomic E-state index is 12.0. The van der Waals surface area contributed by atoms with Crippen LogP contribution in [0.1, 0.15) is 13.8 Å². The minimum absolute atomic E-state index is 0.0408. The van der Waals surface area contributed by atoms with Crippen molar-refractivity contribution in [2.45, 2.75) is 19.9 Å². The minimum atomic E-state index is -0.799. The molecule has 0 saturated carbocycles. The van der Waals surface area contributed by atoms with E-state index in [0.29, 0.717) is 5.75 Å². The molecule has 1 aliphatic rings. The van der Waals surface area contributed by atoms with Gasteiger partial charge in [-0.15, -0.1) is 0 Å². The van der Waals surface area contributed by atoms with Gasteiger partial charge < -0.3 is 4.74 Å². The van der Waals surface area contributed by atoms with Gasteiger partial charge in [-0.2, -0.15) is 0 Å². The smallest absolute Gasteiger partial charge is 0.334 e. The molecule has 21 heavy (non-hydrogen) atoms. The van der Waals surface area contributed by atoms with E-state index in [9.17, 15) is 14.4 Å². The SMILES string of the molecule is CC(C)N1C(=O)C(=O)N(CCOc2cccc(Br)c2)C1=O. The molecule has 0 aliphatic carbocycles. The van der Waals surface area contributed by atoms with E-state index >= 15 is 0 Å². The third-order valence-corrected chi connectivity index (χ3v) is 3.47. The number of urea groups is 1. The fourth-order valence-corrected chi connectivity index (χ4v) is 2.36. The van der Waals surface area contributed by atoms with Crippen molar-refractivity contribution in [3.63, 3.8) is 0 Å². The van der Waals surface area contributed by atoms with Gasteiger partial charge in [0.25, 0.3) is 0 Å². The van der Waals surface area contributed by atoms with E-state index < -0.39 is 17.8 Å². The molecule has 1 saturated heterocycles. The molecule has 0 radical (unpaired) electrons. The standard InChI is InChI=1S/C14H15BrN2O4/c1-9(2)17-13(19)12(18)16(14(17)20)6-7-21-11-5-3-4-10(15)8-11/h3-5,8-9H,6-7H2,1-2H3. The number of amides is 4. The lowest BCUT2D eigenvalue weighted by atomic mass is 10.3. The Bertz CT molecular complexity index is 588. The number of benzene rings is 1. The first-order valence-corrected chi connectivity index (χ1v) is 7.28. The molecule has 1 aromatic carbocycles. The number of halogens is 1. The molecule has 1 fully saturated rings. The third-order valence-electron chi connectivity index (χ3n) is 2.98. The summed E-state index contributed by atoms with van der Waals surface area (Å²) in [6.07, 6.45) is 0. The first-order valence-electron chi connectivity index (χ1n) is 6.49. The summed E-state index contributed by atoms with van der Waals surface area (Å²) in [4.78, 5) is 37.4. The van der Waals surface area contributed by atoms with Gasteiger partial charge in [-0.05, 0) is 32.0 Å². The molecule has 0 atom stereocenters. The van der Waals surface area contributed by atoms with E-state index in [2.05, 4.69) is 15.9 Å². The van der Waals surface area contributed by atoms with Crippen molar-refractivity contribution < 1.29 is 19.1 Å². The van der Waals surface area contributed by atoms with Gasteiger partial charge in [0.1, 0.15) is 12.4 Å². The summed E-state index contributed by atoms with van der Waals surface area (Å²) in [5.41, 5.74) is 0. The molecule has 1 aliphatic heterocycles. The van der Waals surface area contributed by atoms with E-state index in [1.54, 1.807) is 26.0 Å². The summed E-state index contributed by atoms with van der Waals surface area (Å²) in [5.74, 6) is -0.959. The van der Waals surface area contributed by atoms with E-state index in [0.717, 1.165) is 14.3 Å². The second-order valence-electron chi connectivity index (χ2n) is 4.81.